The summed E-state index contributed by atoms with van der Waals surface area (Å²) in [7, 11) is -1.87. The molecule has 5 heterocycles. The predicted molar refractivity (Wildman–Crippen MR) is 183 cm³/mol. The van der Waals surface area contributed by atoms with Gasteiger partial charge in [-0.15, -0.1) is 0 Å². The number of amides is 6. The van der Waals surface area contributed by atoms with Crippen LogP contribution in [0.15, 0.2) is 53.1 Å². The van der Waals surface area contributed by atoms with E-state index in [1.54, 1.807) is 18.2 Å². The number of nitrogens with zero attached hydrogens (tertiary/aromatic N) is 4. The zero-order chi connectivity index (χ0) is 35.8. The van der Waals surface area contributed by atoms with Gasteiger partial charge < -0.3 is 29.6 Å². The van der Waals surface area contributed by atoms with Gasteiger partial charge in [0.15, 0.2) is 0 Å². The van der Waals surface area contributed by atoms with Crippen LogP contribution in [0.25, 0.3) is 11.0 Å². The molecule has 2 atom stereocenters. The first kappa shape index (κ1) is 34.4. The third kappa shape index (κ3) is 6.98. The molecule has 15 nitrogen and oxygen atoms in total. The Hall–Kier alpha value is -5.06. The molecule has 3 saturated heterocycles. The van der Waals surface area contributed by atoms with Gasteiger partial charge in [-0.05, 0) is 61.4 Å². The second kappa shape index (κ2) is 14.3. The van der Waals surface area contributed by atoms with Gasteiger partial charge in [-0.3, -0.25) is 43.9 Å². The average Bonchev–Trinajstić information content (AvgIpc) is 3.65. The number of hydrogen-bond donors (Lipinski definition) is 4. The van der Waals surface area contributed by atoms with Crippen molar-refractivity contribution in [3.63, 3.8) is 0 Å². The molecule has 2 aromatic carbocycles. The minimum Gasteiger partial charge on any atom is -0.464 e. The molecule has 0 radical (unpaired) electrons. The monoisotopic (exact) mass is 698 g/mol. The van der Waals surface area contributed by atoms with Crippen LogP contribution in [-0.2, 0) is 25.6 Å². The molecule has 51 heavy (non-hydrogen) atoms. The number of carbonyl (C=O) groups is 6. The lowest BCUT2D eigenvalue weighted by Gasteiger charge is -2.39. The molecule has 4 aliphatic heterocycles. The molecule has 0 spiro atoms. The number of nitrogens with one attached hydrogen (secondary N) is 2. The van der Waals surface area contributed by atoms with E-state index in [1.807, 2.05) is 24.3 Å². The Bertz CT molecular complexity index is 1880. The molecule has 1 unspecified atom stereocenters. The molecule has 3 aromatic rings. The summed E-state index contributed by atoms with van der Waals surface area (Å²) in [5, 5.41) is 25.4. The van der Waals surface area contributed by atoms with E-state index in [9.17, 15) is 38.8 Å². The summed E-state index contributed by atoms with van der Waals surface area (Å²) in [4.78, 5) is 83.2. The van der Waals surface area contributed by atoms with Crippen molar-refractivity contribution in [1.82, 2.24) is 25.3 Å². The van der Waals surface area contributed by atoms with Gasteiger partial charge in [0.05, 0.1) is 23.3 Å². The number of benzene rings is 2. The summed E-state index contributed by atoms with van der Waals surface area (Å²) in [5.41, 5.74) is 2.66. The summed E-state index contributed by atoms with van der Waals surface area (Å²) < 4.78 is 5.52. The zero-order valence-corrected chi connectivity index (χ0v) is 28.0. The Morgan fingerprint density at radius 2 is 1.65 bits per heavy atom. The van der Waals surface area contributed by atoms with Gasteiger partial charge in [0.25, 0.3) is 11.8 Å². The van der Waals surface area contributed by atoms with E-state index in [0.717, 1.165) is 48.4 Å². The number of fused-ring (bicyclic) bond motifs is 2. The van der Waals surface area contributed by atoms with Gasteiger partial charge in [-0.2, -0.15) is 0 Å². The number of anilines is 1. The van der Waals surface area contributed by atoms with Gasteiger partial charge in [0, 0.05) is 63.3 Å². The van der Waals surface area contributed by atoms with Crippen LogP contribution in [0.5, 0.6) is 0 Å². The van der Waals surface area contributed by atoms with E-state index >= 15 is 0 Å². The van der Waals surface area contributed by atoms with Crippen LogP contribution >= 0.6 is 0 Å². The highest BCUT2D eigenvalue weighted by molar-refractivity contribution is 6.45. The molecular formula is C35H39BN6O9. The Morgan fingerprint density at radius 1 is 0.922 bits per heavy atom. The Balaban J connectivity index is 0.870. The molecule has 266 valence electrons. The standard InChI is InChI=1S/C35H39BN6O9/c43-30-8-7-27(31(44)38-30)42-33(46)25-6-5-23(18-26(25)34(42)47)40-15-13-39(14-16-40)19-21-9-11-41(12-10-21)35(48)32(45)37-29(36(49)50)17-22-20-51-28-4-2-1-3-24(22)28/h1-6,18,20-21,27,29,49-50H,7-17,19H2,(H,37,45)(H,38,43,44)/t27-,29?/m0/s1. The van der Waals surface area contributed by atoms with Crippen LogP contribution in [0.3, 0.4) is 0 Å². The van der Waals surface area contributed by atoms with Crippen LogP contribution in [0.4, 0.5) is 5.69 Å². The maximum atomic E-state index is 13.3. The molecule has 3 fully saturated rings. The van der Waals surface area contributed by atoms with Gasteiger partial charge >= 0.3 is 18.9 Å². The number of carbonyl (C=O) groups excluding carboxylic acids is 6. The summed E-state index contributed by atoms with van der Waals surface area (Å²) in [6, 6.07) is 11.5. The fourth-order valence-corrected chi connectivity index (χ4v) is 7.56. The quantitative estimate of drug-likeness (QED) is 0.140. The first-order valence-corrected chi connectivity index (χ1v) is 17.3. The highest BCUT2D eigenvalue weighted by Gasteiger charge is 2.45. The lowest BCUT2D eigenvalue weighted by molar-refractivity contribution is -0.147. The second-order valence-electron chi connectivity index (χ2n) is 13.7. The fraction of sp³-hybridized carbons (Fsp3) is 0.429. The van der Waals surface area contributed by atoms with Gasteiger partial charge in [-0.25, -0.2) is 0 Å². The fourth-order valence-electron chi connectivity index (χ4n) is 7.56. The number of rotatable bonds is 8. The maximum absolute atomic E-state index is 13.3. The zero-order valence-electron chi connectivity index (χ0n) is 28.0. The van der Waals surface area contributed by atoms with E-state index in [2.05, 4.69) is 20.4 Å². The predicted octanol–water partition coefficient (Wildman–Crippen LogP) is -0.0659. The number of piperazine rings is 1. The minimum atomic E-state index is -1.87. The first-order chi connectivity index (χ1) is 24.6. The summed E-state index contributed by atoms with van der Waals surface area (Å²) in [6.07, 6.45) is 3.23. The molecule has 4 aliphatic rings. The lowest BCUT2D eigenvalue weighted by Crippen LogP contribution is -2.54. The van der Waals surface area contributed by atoms with E-state index in [-0.39, 0.29) is 30.4 Å². The first-order valence-electron chi connectivity index (χ1n) is 17.3. The normalized spacial score (nSPS) is 20.8. The van der Waals surface area contributed by atoms with Gasteiger partial charge in [0.2, 0.25) is 11.8 Å². The molecular weight excluding hydrogens is 659 g/mol. The summed E-state index contributed by atoms with van der Waals surface area (Å²) >= 11 is 0. The van der Waals surface area contributed by atoms with Crippen LogP contribution < -0.4 is 15.5 Å². The molecule has 0 saturated carbocycles. The van der Waals surface area contributed by atoms with Crippen molar-refractivity contribution in [2.75, 3.05) is 50.7 Å². The largest absolute Gasteiger partial charge is 0.475 e. The van der Waals surface area contributed by atoms with E-state index in [4.69, 9.17) is 4.42 Å². The topological polar surface area (TPSA) is 193 Å². The Morgan fingerprint density at radius 3 is 2.37 bits per heavy atom. The molecule has 6 amide bonds. The number of piperidine rings is 2. The van der Waals surface area contributed by atoms with E-state index in [0.29, 0.717) is 43.2 Å². The lowest BCUT2D eigenvalue weighted by atomic mass is 9.76. The third-order valence-corrected chi connectivity index (χ3v) is 10.5. The van der Waals surface area contributed by atoms with Gasteiger partial charge in [0.1, 0.15) is 11.6 Å². The van der Waals surface area contributed by atoms with Crippen LogP contribution in [-0.4, -0.2) is 125 Å². The molecule has 16 heteroatoms. The minimum absolute atomic E-state index is 0.0668. The maximum Gasteiger partial charge on any atom is 0.475 e. The molecule has 0 bridgehead atoms. The summed E-state index contributed by atoms with van der Waals surface area (Å²) in [5.74, 6) is -4.43. The van der Waals surface area contributed by atoms with Crippen LogP contribution in [0.1, 0.15) is 52.0 Å². The molecule has 7 rings (SSSR count). The Labute approximate surface area is 293 Å². The van der Waals surface area contributed by atoms with Crippen molar-refractivity contribution in [3.8, 4) is 0 Å². The van der Waals surface area contributed by atoms with E-state index < -0.39 is 54.5 Å². The number of imide groups is 2. The number of likely N-dealkylation sites (tertiary alicyclic amines) is 1. The van der Waals surface area contributed by atoms with Crippen molar-refractivity contribution in [3.05, 3.63) is 65.4 Å². The SMILES string of the molecule is O=C1CC[C@H](N2C(=O)c3ccc(N4CCN(CC5CCN(C(=O)C(=O)NC(Cc6coc7ccccc67)B(O)O)CC5)CC4)cc3C2=O)C(=O)N1. The third-order valence-electron chi connectivity index (χ3n) is 10.5. The molecule has 4 N–H and O–H groups in total. The molecule has 1 aromatic heterocycles. The van der Waals surface area contributed by atoms with Crippen molar-refractivity contribution in [2.24, 2.45) is 5.92 Å². The molecule has 0 aliphatic carbocycles. The van der Waals surface area contributed by atoms with Gasteiger partial charge in [-0.1, -0.05) is 18.2 Å². The Kier molecular flexibility index (Phi) is 9.64. The van der Waals surface area contributed by atoms with Crippen molar-refractivity contribution < 1.29 is 43.2 Å². The van der Waals surface area contributed by atoms with Crippen LogP contribution in [0.2, 0.25) is 0 Å². The van der Waals surface area contributed by atoms with Crippen molar-refractivity contribution >= 4 is 59.2 Å². The smallest absolute Gasteiger partial charge is 0.464 e. The van der Waals surface area contributed by atoms with Crippen molar-refractivity contribution in [2.45, 2.75) is 44.1 Å². The van der Waals surface area contributed by atoms with E-state index in [1.165, 1.54) is 11.2 Å². The van der Waals surface area contributed by atoms with Crippen molar-refractivity contribution in [1.29, 1.82) is 0 Å². The highest BCUT2D eigenvalue weighted by Crippen LogP contribution is 2.31. The number of hydrogen-bond acceptors (Lipinski definition) is 11. The number of para-hydroxylation sites is 1. The highest BCUT2D eigenvalue weighted by atomic mass is 16.4. The second-order valence-corrected chi connectivity index (χ2v) is 13.7. The number of furan rings is 1. The average molecular weight is 699 g/mol. The summed E-state index contributed by atoms with van der Waals surface area (Å²) in [6.45, 7) is 4.68. The van der Waals surface area contributed by atoms with Crippen LogP contribution in [0, 0.1) is 5.92 Å².